The van der Waals surface area contributed by atoms with Gasteiger partial charge >= 0.3 is 0 Å². The van der Waals surface area contributed by atoms with Crippen LogP contribution in [0, 0.1) is 0 Å². The molecular formula is C13H13N3O3. The average molecular weight is 259 g/mol. The molecule has 3 heterocycles. The maximum atomic E-state index is 12.4. The van der Waals surface area contributed by atoms with Gasteiger partial charge in [-0.3, -0.25) is 9.59 Å². The number of Topliss-reactive ketones (excluding diaryl/α,β-unsaturated/α-hetero) is 2. The fourth-order valence-electron chi connectivity index (χ4n) is 3.39. The standard InChI is InChI=1S/C13H13N3O3/c1-4-8(14)11(18)7-5(2)13(19)12-6(15-12)3-16(13)9(7)10(4)17/h6,12,15,19H,2-3,14H2,1H3/t6-,12-,13+/m0/s1. The van der Waals surface area contributed by atoms with Gasteiger partial charge in [-0.2, -0.15) is 0 Å². The Morgan fingerprint density at radius 3 is 2.84 bits per heavy atom. The van der Waals surface area contributed by atoms with Crippen molar-refractivity contribution in [2.45, 2.75) is 24.7 Å². The molecule has 0 aromatic carbocycles. The molecule has 2 saturated heterocycles. The quantitative estimate of drug-likeness (QED) is 0.362. The van der Waals surface area contributed by atoms with Gasteiger partial charge in [-0.25, -0.2) is 0 Å². The summed E-state index contributed by atoms with van der Waals surface area (Å²) in [4.78, 5) is 26.2. The molecule has 1 aliphatic carbocycles. The maximum absolute atomic E-state index is 12.4. The summed E-state index contributed by atoms with van der Waals surface area (Å²) >= 11 is 0. The zero-order chi connectivity index (χ0) is 13.7. The summed E-state index contributed by atoms with van der Waals surface area (Å²) in [6.07, 6.45) is 0. The molecule has 6 nitrogen and oxygen atoms in total. The molecule has 2 fully saturated rings. The third-order valence-corrected chi connectivity index (χ3v) is 4.60. The molecule has 19 heavy (non-hydrogen) atoms. The van der Waals surface area contributed by atoms with Gasteiger partial charge in [-0.05, 0) is 6.92 Å². The fraction of sp³-hybridized carbons (Fsp3) is 0.385. The minimum atomic E-state index is -1.36. The highest BCUT2D eigenvalue weighted by Gasteiger charge is 2.69. The Morgan fingerprint density at radius 1 is 1.47 bits per heavy atom. The number of hydrogen-bond donors (Lipinski definition) is 3. The fourth-order valence-corrected chi connectivity index (χ4v) is 3.39. The number of allylic oxidation sites excluding steroid dienone is 2. The zero-order valence-electron chi connectivity index (χ0n) is 10.4. The van der Waals surface area contributed by atoms with Crippen molar-refractivity contribution in [3.05, 3.63) is 34.7 Å². The molecule has 6 heteroatoms. The van der Waals surface area contributed by atoms with E-state index in [2.05, 4.69) is 11.9 Å². The van der Waals surface area contributed by atoms with E-state index in [1.165, 1.54) is 6.92 Å². The highest BCUT2D eigenvalue weighted by Crippen LogP contribution is 2.52. The van der Waals surface area contributed by atoms with Crippen molar-refractivity contribution >= 4 is 11.6 Å². The van der Waals surface area contributed by atoms with E-state index in [-0.39, 0.29) is 46.0 Å². The summed E-state index contributed by atoms with van der Waals surface area (Å²) in [5, 5.41) is 13.9. The lowest BCUT2D eigenvalue weighted by atomic mass is 9.87. The molecule has 0 aromatic rings. The lowest BCUT2D eigenvalue weighted by molar-refractivity contribution is -0.118. The summed E-state index contributed by atoms with van der Waals surface area (Å²) in [6.45, 7) is 5.88. The Kier molecular flexibility index (Phi) is 1.62. The van der Waals surface area contributed by atoms with Crippen molar-refractivity contribution in [1.29, 1.82) is 0 Å². The van der Waals surface area contributed by atoms with E-state index in [0.717, 1.165) is 0 Å². The van der Waals surface area contributed by atoms with Gasteiger partial charge in [0.15, 0.2) is 5.72 Å². The van der Waals surface area contributed by atoms with E-state index in [0.29, 0.717) is 6.54 Å². The largest absolute Gasteiger partial charge is 0.395 e. The highest BCUT2D eigenvalue weighted by molar-refractivity contribution is 6.27. The number of nitrogens with two attached hydrogens (primary N) is 1. The van der Waals surface area contributed by atoms with Crippen molar-refractivity contribution in [1.82, 2.24) is 10.2 Å². The molecule has 0 radical (unpaired) electrons. The Bertz CT molecular complexity index is 660. The smallest absolute Gasteiger partial charge is 0.211 e. The number of nitrogens with zero attached hydrogens (tertiary/aromatic N) is 1. The van der Waals surface area contributed by atoms with Gasteiger partial charge in [0.2, 0.25) is 11.6 Å². The van der Waals surface area contributed by atoms with Crippen LogP contribution in [0.1, 0.15) is 6.92 Å². The van der Waals surface area contributed by atoms with Crippen LogP contribution in [0.3, 0.4) is 0 Å². The molecule has 0 aromatic heterocycles. The first kappa shape index (κ1) is 11.0. The van der Waals surface area contributed by atoms with Crippen molar-refractivity contribution in [2.75, 3.05) is 6.54 Å². The first-order chi connectivity index (χ1) is 8.89. The molecule has 3 atom stereocenters. The highest BCUT2D eigenvalue weighted by atomic mass is 16.3. The Balaban J connectivity index is 1.93. The lowest BCUT2D eigenvalue weighted by Crippen LogP contribution is -2.48. The Morgan fingerprint density at radius 2 is 2.16 bits per heavy atom. The predicted molar refractivity (Wildman–Crippen MR) is 65.4 cm³/mol. The van der Waals surface area contributed by atoms with E-state index in [9.17, 15) is 14.7 Å². The summed E-state index contributed by atoms with van der Waals surface area (Å²) < 4.78 is 0. The van der Waals surface area contributed by atoms with Crippen molar-refractivity contribution in [3.63, 3.8) is 0 Å². The third-order valence-electron chi connectivity index (χ3n) is 4.60. The molecule has 4 aliphatic rings. The molecule has 0 spiro atoms. The maximum Gasteiger partial charge on any atom is 0.211 e. The van der Waals surface area contributed by atoms with Crippen molar-refractivity contribution in [3.8, 4) is 0 Å². The van der Waals surface area contributed by atoms with Gasteiger partial charge in [-0.1, -0.05) is 6.58 Å². The van der Waals surface area contributed by atoms with Crippen LogP contribution < -0.4 is 11.1 Å². The molecule has 0 amide bonds. The van der Waals surface area contributed by atoms with Crippen LogP contribution in [0.2, 0.25) is 0 Å². The summed E-state index contributed by atoms with van der Waals surface area (Å²) in [5.41, 5.74) is 5.26. The van der Waals surface area contributed by atoms with E-state index < -0.39 is 11.5 Å². The van der Waals surface area contributed by atoms with Crippen molar-refractivity contribution in [2.24, 2.45) is 5.73 Å². The number of nitrogens with one attached hydrogen (secondary N) is 1. The number of rotatable bonds is 0. The molecule has 4 rings (SSSR count). The molecule has 98 valence electrons. The second-order valence-electron chi connectivity index (χ2n) is 5.49. The minimum absolute atomic E-state index is 0.0463. The molecule has 0 saturated carbocycles. The van der Waals surface area contributed by atoms with Gasteiger partial charge in [0, 0.05) is 23.7 Å². The molecule has 4 N–H and O–H groups in total. The van der Waals surface area contributed by atoms with Gasteiger partial charge in [-0.15, -0.1) is 0 Å². The van der Waals surface area contributed by atoms with Gasteiger partial charge < -0.3 is 21.1 Å². The number of aliphatic hydroxyl groups is 1. The molecule has 3 aliphatic heterocycles. The number of fused-ring (bicyclic) bond motifs is 4. The monoisotopic (exact) mass is 259 g/mol. The van der Waals surface area contributed by atoms with Gasteiger partial charge in [0.05, 0.1) is 23.0 Å². The van der Waals surface area contributed by atoms with Crippen LogP contribution in [-0.4, -0.2) is 45.9 Å². The Hall–Kier alpha value is -1.92. The second-order valence-corrected chi connectivity index (χ2v) is 5.49. The van der Waals surface area contributed by atoms with E-state index in [1.54, 1.807) is 4.90 Å². The zero-order valence-corrected chi connectivity index (χ0v) is 10.4. The predicted octanol–water partition coefficient (Wildman–Crippen LogP) is -1.46. The molecule has 0 unspecified atom stereocenters. The summed E-state index contributed by atoms with van der Waals surface area (Å²) in [7, 11) is 0. The number of hydrogen-bond acceptors (Lipinski definition) is 6. The van der Waals surface area contributed by atoms with Gasteiger partial charge in [0.1, 0.15) is 0 Å². The lowest BCUT2D eigenvalue weighted by Gasteiger charge is -2.32. The van der Waals surface area contributed by atoms with Crippen LogP contribution in [0.15, 0.2) is 34.7 Å². The second kappa shape index (κ2) is 2.81. The number of ketones is 2. The summed E-state index contributed by atoms with van der Waals surface area (Å²) in [5.74, 6) is -0.692. The first-order valence-electron chi connectivity index (χ1n) is 6.15. The van der Waals surface area contributed by atoms with Crippen LogP contribution in [0.25, 0.3) is 0 Å². The SMILES string of the molecule is C=C1C2=C(C(=O)C(C)=C(N)C2=O)N2C[C@@H]3N[C@@H]3[C@]12O. The molecular weight excluding hydrogens is 246 g/mol. The van der Waals surface area contributed by atoms with E-state index in [1.807, 2.05) is 0 Å². The number of carbonyl (C=O) groups is 2. The van der Waals surface area contributed by atoms with E-state index >= 15 is 0 Å². The normalized spacial score (nSPS) is 39.9. The van der Waals surface area contributed by atoms with Crippen molar-refractivity contribution < 1.29 is 14.7 Å². The topological polar surface area (TPSA) is 106 Å². The van der Waals surface area contributed by atoms with E-state index in [4.69, 9.17) is 5.73 Å². The van der Waals surface area contributed by atoms with Crippen LogP contribution >= 0.6 is 0 Å². The van der Waals surface area contributed by atoms with Crippen LogP contribution in [-0.2, 0) is 9.59 Å². The Labute approximate surface area is 109 Å². The van der Waals surface area contributed by atoms with Crippen LogP contribution in [0.4, 0.5) is 0 Å². The first-order valence-corrected chi connectivity index (χ1v) is 6.15. The van der Waals surface area contributed by atoms with Gasteiger partial charge in [0.25, 0.3) is 0 Å². The average Bonchev–Trinajstić information content (AvgIpc) is 3.05. The number of carbonyl (C=O) groups excluding carboxylic acids is 2. The molecule has 0 bridgehead atoms. The minimum Gasteiger partial charge on any atom is -0.395 e. The summed E-state index contributed by atoms with van der Waals surface area (Å²) in [6, 6.07) is -0.00464. The van der Waals surface area contributed by atoms with Crippen LogP contribution in [0.5, 0.6) is 0 Å². The number of piperazine rings is 1. The third kappa shape index (κ3) is 0.945.